The summed E-state index contributed by atoms with van der Waals surface area (Å²) in [5.74, 6) is 0.986. The Morgan fingerprint density at radius 3 is 2.63 bits per heavy atom. The lowest BCUT2D eigenvalue weighted by atomic mass is 10.1. The number of pyridine rings is 1. The van der Waals surface area contributed by atoms with Crippen LogP contribution in [-0.4, -0.2) is 37.8 Å². The van der Waals surface area contributed by atoms with E-state index in [9.17, 15) is 18.0 Å². The highest BCUT2D eigenvalue weighted by Crippen LogP contribution is 2.28. The first kappa shape index (κ1) is 22.4. The Hall–Kier alpha value is -4.35. The van der Waals surface area contributed by atoms with Crippen molar-refractivity contribution < 1.29 is 27.2 Å². The zero-order valence-corrected chi connectivity index (χ0v) is 18.3. The topological polar surface area (TPSA) is 96.7 Å². The van der Waals surface area contributed by atoms with E-state index in [0.29, 0.717) is 28.2 Å². The van der Waals surface area contributed by atoms with Gasteiger partial charge in [0.1, 0.15) is 18.1 Å². The van der Waals surface area contributed by atoms with E-state index in [-0.39, 0.29) is 18.1 Å². The summed E-state index contributed by atoms with van der Waals surface area (Å²) in [6.07, 6.45) is 2.23. The Bertz CT molecular complexity index is 1500. The van der Waals surface area contributed by atoms with Crippen molar-refractivity contribution in [2.24, 2.45) is 0 Å². The van der Waals surface area contributed by atoms with Crippen LogP contribution in [0.2, 0.25) is 0 Å². The second kappa shape index (κ2) is 8.78. The number of halogens is 3. The van der Waals surface area contributed by atoms with Crippen LogP contribution >= 0.6 is 0 Å². The molecule has 0 radical (unpaired) electrons. The minimum atomic E-state index is -4.77. The maximum atomic E-state index is 12.9. The molecule has 0 atom stereocenters. The summed E-state index contributed by atoms with van der Waals surface area (Å²) in [5.41, 5.74) is 1.88. The average Bonchev–Trinajstić information content (AvgIpc) is 3.43. The normalized spacial score (nSPS) is 14.1. The summed E-state index contributed by atoms with van der Waals surface area (Å²) in [6.45, 7) is -0.0118. The standard InChI is InChI=1S/C23H18F3N5O4/c1-33-18-5-3-2-4-17(18)21-27-19(29-35-21)13-31-22(32)30-12-15(8-11-20(30)28-31)14-6-9-16(10-7-14)34-23(24,25)26/h2,4,6-12H,3,5,13H2,1H3. The Morgan fingerprint density at radius 1 is 1.11 bits per heavy atom. The van der Waals surface area contributed by atoms with Crippen molar-refractivity contribution in [1.29, 1.82) is 0 Å². The van der Waals surface area contributed by atoms with Gasteiger partial charge in [-0.25, -0.2) is 13.9 Å². The van der Waals surface area contributed by atoms with E-state index in [4.69, 9.17) is 9.26 Å². The Kier molecular flexibility index (Phi) is 5.63. The van der Waals surface area contributed by atoms with Gasteiger partial charge in [-0.3, -0.25) is 0 Å². The highest BCUT2D eigenvalue weighted by molar-refractivity contribution is 5.71. The lowest BCUT2D eigenvalue weighted by molar-refractivity contribution is -0.274. The van der Waals surface area contributed by atoms with Gasteiger partial charge in [0.05, 0.1) is 12.7 Å². The van der Waals surface area contributed by atoms with Crippen LogP contribution in [0.15, 0.2) is 69.8 Å². The molecular weight excluding hydrogens is 467 g/mol. The number of rotatable bonds is 6. The molecule has 9 nitrogen and oxygen atoms in total. The van der Waals surface area contributed by atoms with Crippen LogP contribution in [0.4, 0.5) is 13.2 Å². The molecule has 3 heterocycles. The molecule has 35 heavy (non-hydrogen) atoms. The zero-order chi connectivity index (χ0) is 24.6. The van der Waals surface area contributed by atoms with Gasteiger partial charge in [-0.2, -0.15) is 4.98 Å². The second-order valence-corrected chi connectivity index (χ2v) is 7.66. The fraction of sp³-hybridized carbons (Fsp3) is 0.217. The Balaban J connectivity index is 1.39. The van der Waals surface area contributed by atoms with Gasteiger partial charge in [0, 0.05) is 12.6 Å². The van der Waals surface area contributed by atoms with Gasteiger partial charge in [0.15, 0.2) is 11.5 Å². The molecule has 0 saturated carbocycles. The first-order valence-corrected chi connectivity index (χ1v) is 10.5. The lowest BCUT2D eigenvalue weighted by Gasteiger charge is -2.11. The van der Waals surface area contributed by atoms with Crippen molar-refractivity contribution in [3.05, 3.63) is 82.7 Å². The summed E-state index contributed by atoms with van der Waals surface area (Å²) in [4.78, 5) is 17.3. The molecular formula is C23H18F3N5O4. The highest BCUT2D eigenvalue weighted by Gasteiger charge is 2.31. The molecule has 0 spiro atoms. The van der Waals surface area contributed by atoms with Crippen LogP contribution in [0, 0.1) is 0 Å². The number of hydrogen-bond acceptors (Lipinski definition) is 7. The number of nitrogens with zero attached hydrogens (tertiary/aromatic N) is 5. The van der Waals surface area contributed by atoms with E-state index in [1.54, 1.807) is 25.4 Å². The van der Waals surface area contributed by atoms with E-state index in [1.807, 2.05) is 12.2 Å². The van der Waals surface area contributed by atoms with Crippen LogP contribution in [0.3, 0.4) is 0 Å². The summed E-state index contributed by atoms with van der Waals surface area (Å²) in [7, 11) is 1.58. The van der Waals surface area contributed by atoms with Crippen molar-refractivity contribution in [2.75, 3.05) is 7.11 Å². The van der Waals surface area contributed by atoms with Gasteiger partial charge in [0.25, 0.3) is 5.89 Å². The quantitative estimate of drug-likeness (QED) is 0.404. The molecule has 0 aliphatic heterocycles. The van der Waals surface area contributed by atoms with E-state index >= 15 is 0 Å². The number of benzene rings is 1. The SMILES string of the molecule is COC1=C(c2nc(Cn3nc4ccc(-c5ccc(OC(F)(F)F)cc5)cn4c3=O)no2)C=CCC1. The van der Waals surface area contributed by atoms with Crippen molar-refractivity contribution in [3.63, 3.8) is 0 Å². The number of methoxy groups -OCH3 is 1. The van der Waals surface area contributed by atoms with Crippen molar-refractivity contribution in [3.8, 4) is 16.9 Å². The maximum Gasteiger partial charge on any atom is 0.573 e. The van der Waals surface area contributed by atoms with Gasteiger partial charge >= 0.3 is 12.1 Å². The molecule has 0 unspecified atom stereocenters. The molecule has 0 saturated heterocycles. The molecule has 0 bridgehead atoms. The lowest BCUT2D eigenvalue weighted by Crippen LogP contribution is -2.22. The minimum absolute atomic E-state index is 0.0118. The number of hydrogen-bond donors (Lipinski definition) is 0. The van der Waals surface area contributed by atoms with Crippen LogP contribution in [0.25, 0.3) is 22.3 Å². The predicted molar refractivity (Wildman–Crippen MR) is 117 cm³/mol. The third kappa shape index (κ3) is 4.67. The molecule has 5 rings (SSSR count). The monoisotopic (exact) mass is 485 g/mol. The summed E-state index contributed by atoms with van der Waals surface area (Å²) in [5, 5.41) is 8.25. The number of fused-ring (bicyclic) bond motifs is 1. The highest BCUT2D eigenvalue weighted by atomic mass is 19.4. The van der Waals surface area contributed by atoms with Crippen molar-refractivity contribution in [2.45, 2.75) is 25.7 Å². The fourth-order valence-corrected chi connectivity index (χ4v) is 3.75. The third-order valence-electron chi connectivity index (χ3n) is 5.36. The van der Waals surface area contributed by atoms with Gasteiger partial charge in [-0.1, -0.05) is 29.4 Å². The van der Waals surface area contributed by atoms with E-state index in [2.05, 4.69) is 20.0 Å². The van der Waals surface area contributed by atoms with Gasteiger partial charge in [-0.05, 0) is 41.8 Å². The van der Waals surface area contributed by atoms with Crippen LogP contribution in [0.5, 0.6) is 5.75 Å². The number of alkyl halides is 3. The molecule has 12 heteroatoms. The maximum absolute atomic E-state index is 12.9. The molecule has 1 aromatic carbocycles. The molecule has 0 amide bonds. The van der Waals surface area contributed by atoms with Crippen LogP contribution in [-0.2, 0) is 11.3 Å². The third-order valence-corrected chi connectivity index (χ3v) is 5.36. The van der Waals surface area contributed by atoms with Crippen molar-refractivity contribution >= 4 is 11.2 Å². The largest absolute Gasteiger partial charge is 0.573 e. The molecule has 1 aliphatic carbocycles. The van der Waals surface area contributed by atoms with E-state index in [0.717, 1.165) is 18.6 Å². The molecule has 0 N–H and O–H groups in total. The Labute approximate surface area is 195 Å². The zero-order valence-electron chi connectivity index (χ0n) is 18.3. The number of aromatic nitrogens is 5. The average molecular weight is 485 g/mol. The summed E-state index contributed by atoms with van der Waals surface area (Å²) >= 11 is 0. The molecule has 3 aromatic heterocycles. The number of ether oxygens (including phenoxy) is 2. The molecule has 0 fully saturated rings. The fourth-order valence-electron chi connectivity index (χ4n) is 3.75. The van der Waals surface area contributed by atoms with E-state index < -0.39 is 12.1 Å². The first-order chi connectivity index (χ1) is 16.8. The summed E-state index contributed by atoms with van der Waals surface area (Å²) in [6, 6.07) is 8.71. The minimum Gasteiger partial charge on any atom is -0.500 e. The van der Waals surface area contributed by atoms with Crippen molar-refractivity contribution in [1.82, 2.24) is 24.3 Å². The molecule has 180 valence electrons. The van der Waals surface area contributed by atoms with Crippen LogP contribution < -0.4 is 10.4 Å². The van der Waals surface area contributed by atoms with Crippen LogP contribution in [0.1, 0.15) is 24.6 Å². The summed E-state index contributed by atoms with van der Waals surface area (Å²) < 4.78 is 54.3. The molecule has 1 aliphatic rings. The smallest absolute Gasteiger partial charge is 0.500 e. The van der Waals surface area contributed by atoms with Gasteiger partial charge in [-0.15, -0.1) is 18.3 Å². The predicted octanol–water partition coefficient (Wildman–Crippen LogP) is 4.20. The first-order valence-electron chi connectivity index (χ1n) is 10.5. The number of allylic oxidation sites excluding steroid dienone is 4. The van der Waals surface area contributed by atoms with Gasteiger partial charge in [0.2, 0.25) is 0 Å². The van der Waals surface area contributed by atoms with E-state index in [1.165, 1.54) is 33.3 Å². The molecule has 4 aromatic rings. The second-order valence-electron chi connectivity index (χ2n) is 7.66. The Morgan fingerprint density at radius 2 is 1.89 bits per heavy atom. The van der Waals surface area contributed by atoms with Gasteiger partial charge < -0.3 is 14.0 Å².